The van der Waals surface area contributed by atoms with Crippen molar-refractivity contribution in [2.45, 2.75) is 17.9 Å². The van der Waals surface area contributed by atoms with Gasteiger partial charge in [0.2, 0.25) is 0 Å². The highest BCUT2D eigenvalue weighted by atomic mass is 32.2. The number of esters is 2. The molecule has 0 aliphatic rings. The first kappa shape index (κ1) is 14.3. The fraction of sp³-hybridized carbons (Fsp3) is 0.273. The molecule has 18 heavy (non-hydrogen) atoms. The van der Waals surface area contributed by atoms with Gasteiger partial charge in [-0.2, -0.15) is 0 Å². The second kappa shape index (κ2) is 5.74. The maximum atomic E-state index is 11.9. The third kappa shape index (κ3) is 3.94. The van der Waals surface area contributed by atoms with Gasteiger partial charge in [-0.3, -0.25) is 4.79 Å². The van der Waals surface area contributed by atoms with Crippen LogP contribution in [0.25, 0.3) is 0 Å². The van der Waals surface area contributed by atoms with Gasteiger partial charge in [0.1, 0.15) is 6.04 Å². The van der Waals surface area contributed by atoms with Gasteiger partial charge in [-0.1, -0.05) is 18.2 Å². The number of hydrogen-bond acceptors (Lipinski definition) is 6. The second-order valence-electron chi connectivity index (χ2n) is 3.61. The number of carbonyl (C=O) groups is 2. The van der Waals surface area contributed by atoms with Crippen LogP contribution in [0.5, 0.6) is 0 Å². The van der Waals surface area contributed by atoms with Crippen LogP contribution in [0.15, 0.2) is 35.2 Å². The maximum Gasteiger partial charge on any atom is 0.331 e. The molecule has 0 aliphatic heterocycles. The average molecular weight is 271 g/mol. The molecule has 1 atom stereocenters. The van der Waals surface area contributed by atoms with Gasteiger partial charge in [0.05, 0.1) is 10.6 Å². The lowest BCUT2D eigenvalue weighted by Gasteiger charge is -2.10. The van der Waals surface area contributed by atoms with E-state index in [2.05, 4.69) is 4.74 Å². The van der Waals surface area contributed by atoms with Gasteiger partial charge in [0.25, 0.3) is 0 Å². The molecule has 0 bridgehead atoms. The zero-order valence-corrected chi connectivity index (χ0v) is 10.5. The minimum Gasteiger partial charge on any atom is -0.392 e. The Kier molecular flexibility index (Phi) is 4.57. The summed E-state index contributed by atoms with van der Waals surface area (Å²) < 4.78 is 27.9. The molecular weight excluding hydrogens is 258 g/mol. The van der Waals surface area contributed by atoms with E-state index in [9.17, 15) is 18.0 Å². The Balaban J connectivity index is 2.78. The molecule has 0 saturated carbocycles. The van der Waals surface area contributed by atoms with Crippen LogP contribution in [0, 0.1) is 0 Å². The highest BCUT2D eigenvalue weighted by Gasteiger charge is 2.25. The molecule has 98 valence electrons. The summed E-state index contributed by atoms with van der Waals surface area (Å²) in [5.74, 6) is -2.49. The summed E-state index contributed by atoms with van der Waals surface area (Å²) in [6, 6.07) is 6.21. The predicted molar refractivity (Wildman–Crippen MR) is 63.2 cm³/mol. The minimum absolute atomic E-state index is 0.0658. The lowest BCUT2D eigenvalue weighted by molar-refractivity contribution is -0.158. The molecule has 0 radical (unpaired) electrons. The SMILES string of the molecule is CC(=O)OC(=O)[C@@H](N)CS(=O)(=O)c1ccccc1. The van der Waals surface area contributed by atoms with E-state index in [1.54, 1.807) is 18.2 Å². The number of carbonyl (C=O) groups excluding carboxylic acids is 2. The normalized spacial score (nSPS) is 12.8. The maximum absolute atomic E-state index is 11.9. The molecule has 0 heterocycles. The van der Waals surface area contributed by atoms with Crippen molar-refractivity contribution < 1.29 is 22.7 Å². The standard InChI is InChI=1S/C11H13NO5S/c1-8(13)17-11(14)10(12)7-18(15,16)9-5-3-2-4-6-9/h2-6,10H,7,12H2,1H3/t10-/m0/s1. The molecule has 0 spiro atoms. The number of nitrogens with two attached hydrogens (primary N) is 1. The third-order valence-corrected chi connectivity index (χ3v) is 3.84. The monoisotopic (exact) mass is 271 g/mol. The Hall–Kier alpha value is -1.73. The lowest BCUT2D eigenvalue weighted by Crippen LogP contribution is -2.39. The van der Waals surface area contributed by atoms with Crippen LogP contribution < -0.4 is 5.73 Å². The van der Waals surface area contributed by atoms with Crippen molar-refractivity contribution in [3.63, 3.8) is 0 Å². The van der Waals surface area contributed by atoms with Crippen LogP contribution in [-0.4, -0.2) is 32.2 Å². The zero-order chi connectivity index (χ0) is 13.8. The van der Waals surface area contributed by atoms with Crippen molar-refractivity contribution in [3.05, 3.63) is 30.3 Å². The van der Waals surface area contributed by atoms with Gasteiger partial charge < -0.3 is 10.5 Å². The molecule has 2 N–H and O–H groups in total. The van der Waals surface area contributed by atoms with Gasteiger partial charge in [0.15, 0.2) is 9.84 Å². The van der Waals surface area contributed by atoms with E-state index in [-0.39, 0.29) is 4.90 Å². The van der Waals surface area contributed by atoms with Gasteiger partial charge in [-0.05, 0) is 12.1 Å². The highest BCUT2D eigenvalue weighted by molar-refractivity contribution is 7.91. The summed E-state index contributed by atoms with van der Waals surface area (Å²) in [4.78, 5) is 21.8. The molecule has 0 aromatic heterocycles. The fourth-order valence-electron chi connectivity index (χ4n) is 1.25. The molecule has 0 unspecified atom stereocenters. The molecule has 0 amide bonds. The smallest absolute Gasteiger partial charge is 0.331 e. The molecule has 0 aliphatic carbocycles. The molecule has 0 saturated heterocycles. The average Bonchev–Trinajstić information content (AvgIpc) is 2.28. The molecule has 1 aromatic rings. The zero-order valence-electron chi connectivity index (χ0n) is 9.70. The Morgan fingerprint density at radius 1 is 1.28 bits per heavy atom. The van der Waals surface area contributed by atoms with E-state index in [1.165, 1.54) is 12.1 Å². The van der Waals surface area contributed by atoms with E-state index in [1.807, 2.05) is 0 Å². The van der Waals surface area contributed by atoms with Gasteiger partial charge >= 0.3 is 11.9 Å². The lowest BCUT2D eigenvalue weighted by atomic mass is 10.4. The highest BCUT2D eigenvalue weighted by Crippen LogP contribution is 2.11. The summed E-state index contributed by atoms with van der Waals surface area (Å²) in [6.45, 7) is 1.04. The fourth-order valence-corrected chi connectivity index (χ4v) is 2.62. The van der Waals surface area contributed by atoms with Crippen LogP contribution in [0.2, 0.25) is 0 Å². The molecular formula is C11H13NO5S. The van der Waals surface area contributed by atoms with Gasteiger partial charge in [-0.25, -0.2) is 13.2 Å². The van der Waals surface area contributed by atoms with Crippen molar-refractivity contribution in [3.8, 4) is 0 Å². The van der Waals surface area contributed by atoms with Crippen molar-refractivity contribution >= 4 is 21.8 Å². The van der Waals surface area contributed by atoms with Gasteiger partial charge in [0, 0.05) is 6.92 Å². The van der Waals surface area contributed by atoms with E-state index >= 15 is 0 Å². The number of ether oxygens (including phenoxy) is 1. The van der Waals surface area contributed by atoms with Crippen molar-refractivity contribution in [1.82, 2.24) is 0 Å². The van der Waals surface area contributed by atoms with Crippen molar-refractivity contribution in [2.75, 3.05) is 5.75 Å². The molecule has 0 fully saturated rings. The van der Waals surface area contributed by atoms with Crippen LogP contribution >= 0.6 is 0 Å². The summed E-state index contributed by atoms with van der Waals surface area (Å²) in [7, 11) is -3.68. The number of hydrogen-bond donors (Lipinski definition) is 1. The largest absolute Gasteiger partial charge is 0.392 e. The van der Waals surface area contributed by atoms with Crippen LogP contribution in [-0.2, 0) is 24.2 Å². The second-order valence-corrected chi connectivity index (χ2v) is 5.65. The molecule has 1 aromatic carbocycles. The quantitative estimate of drug-likeness (QED) is 0.604. The summed E-state index contributed by atoms with van der Waals surface area (Å²) >= 11 is 0. The van der Waals surface area contributed by atoms with Crippen LogP contribution in [0.1, 0.15) is 6.92 Å². The van der Waals surface area contributed by atoms with E-state index in [0.29, 0.717) is 0 Å². The summed E-state index contributed by atoms with van der Waals surface area (Å²) in [5.41, 5.74) is 5.38. The Bertz CT molecular complexity index is 538. The van der Waals surface area contributed by atoms with Crippen molar-refractivity contribution in [1.29, 1.82) is 0 Å². The number of sulfone groups is 1. The summed E-state index contributed by atoms with van der Waals surface area (Å²) in [5, 5.41) is 0. The first-order valence-corrected chi connectivity index (χ1v) is 6.74. The minimum atomic E-state index is -3.68. The Labute approximate surface area is 105 Å². The van der Waals surface area contributed by atoms with E-state index < -0.39 is 33.6 Å². The van der Waals surface area contributed by atoms with Crippen molar-refractivity contribution in [2.24, 2.45) is 5.73 Å². The number of rotatable bonds is 4. The Morgan fingerprint density at radius 3 is 2.33 bits per heavy atom. The van der Waals surface area contributed by atoms with E-state index in [4.69, 9.17) is 5.73 Å². The van der Waals surface area contributed by atoms with Gasteiger partial charge in [-0.15, -0.1) is 0 Å². The molecule has 6 nitrogen and oxygen atoms in total. The number of benzene rings is 1. The molecule has 7 heteroatoms. The first-order chi connectivity index (χ1) is 8.33. The van der Waals surface area contributed by atoms with E-state index in [0.717, 1.165) is 6.92 Å². The van der Waals surface area contributed by atoms with Crippen LogP contribution in [0.4, 0.5) is 0 Å². The summed E-state index contributed by atoms with van der Waals surface area (Å²) in [6.07, 6.45) is 0. The van der Waals surface area contributed by atoms with Crippen LogP contribution in [0.3, 0.4) is 0 Å². The topological polar surface area (TPSA) is 104 Å². The predicted octanol–water partition coefficient (Wildman–Crippen LogP) is -0.123. The molecule has 1 rings (SSSR count). The Morgan fingerprint density at radius 2 is 1.83 bits per heavy atom. The third-order valence-electron chi connectivity index (χ3n) is 2.05. The first-order valence-electron chi connectivity index (χ1n) is 5.08.